The summed E-state index contributed by atoms with van der Waals surface area (Å²) in [5.41, 5.74) is 7.70. The topological polar surface area (TPSA) is 52.0 Å². The van der Waals surface area contributed by atoms with Crippen LogP contribution in [0.3, 0.4) is 0 Å². The molecule has 0 fully saturated rings. The third-order valence-electron chi connectivity index (χ3n) is 1.43. The number of nitrogens with two attached hydrogens (primary N) is 2. The van der Waals surface area contributed by atoms with Crippen LogP contribution in [0, 0.1) is 0 Å². The fraction of sp³-hybridized carbons (Fsp3) is 0.143. The average Bonchev–Trinajstić information content (AvgIpc) is 2.00. The first-order valence-corrected chi connectivity index (χ1v) is 8.09. The second kappa shape index (κ2) is 4.43. The van der Waals surface area contributed by atoms with Gasteiger partial charge in [0.25, 0.3) is 0 Å². The van der Waals surface area contributed by atoms with Gasteiger partial charge in [0.1, 0.15) is 5.54 Å². The molecule has 1 aromatic carbocycles. The molecule has 0 amide bonds. The van der Waals surface area contributed by atoms with Crippen molar-refractivity contribution in [3.63, 3.8) is 0 Å². The summed E-state index contributed by atoms with van der Waals surface area (Å²) < 4.78 is 36.6. The van der Waals surface area contributed by atoms with Crippen molar-refractivity contribution in [3.05, 3.63) is 29.8 Å². The Morgan fingerprint density at radius 2 is 1.60 bits per heavy atom. The van der Waals surface area contributed by atoms with Crippen molar-refractivity contribution >= 4 is 28.7 Å². The maximum Gasteiger partial charge on any atom is 0.416 e. The molecule has 0 radical (unpaired) electrons. The molecule has 4 N–H and O–H groups in total. The van der Waals surface area contributed by atoms with Crippen LogP contribution in [0.4, 0.5) is 13.2 Å². The summed E-state index contributed by atoms with van der Waals surface area (Å²) in [5.74, 6) is 0. The number of hydrogen-bond acceptors (Lipinski definition) is 2. The summed E-state index contributed by atoms with van der Waals surface area (Å²) in [6.45, 7) is 0. The average molecular weight is 272 g/mol. The number of rotatable bonds is 2. The zero-order valence-corrected chi connectivity index (χ0v) is 9.89. The van der Waals surface area contributed by atoms with Gasteiger partial charge in [0, 0.05) is 4.90 Å². The smallest absolute Gasteiger partial charge is 0.283 e. The Morgan fingerprint density at radius 3 is 1.93 bits per heavy atom. The van der Waals surface area contributed by atoms with Gasteiger partial charge in [0.05, 0.1) is 5.56 Å². The van der Waals surface area contributed by atoms with E-state index in [1.807, 2.05) is 0 Å². The Balaban J connectivity index is 2.87. The molecule has 0 aliphatic rings. The van der Waals surface area contributed by atoms with Crippen LogP contribution in [-0.4, -0.2) is 0 Å². The van der Waals surface area contributed by atoms with Gasteiger partial charge in [-0.3, -0.25) is 11.0 Å². The lowest BCUT2D eigenvalue weighted by Crippen LogP contribution is -2.04. The Hall–Kier alpha value is -0.0700. The van der Waals surface area contributed by atoms with Gasteiger partial charge in [0.15, 0.2) is 0 Å². The molecular formula is C7H8F3N2PS2. The fourth-order valence-electron chi connectivity index (χ4n) is 0.870. The van der Waals surface area contributed by atoms with Crippen molar-refractivity contribution in [2.75, 3.05) is 0 Å². The molecule has 2 nitrogen and oxygen atoms in total. The SMILES string of the molecule is NP(N)(=S)Sc1ccc(C(F)(F)F)cc1. The fourth-order valence-corrected chi connectivity index (χ4v) is 3.59. The molecule has 0 spiro atoms. The van der Waals surface area contributed by atoms with Crippen LogP contribution in [0.15, 0.2) is 29.2 Å². The van der Waals surface area contributed by atoms with Crippen LogP contribution in [0.5, 0.6) is 0 Å². The summed E-state index contributed by atoms with van der Waals surface area (Å²) in [7, 11) is 0. The lowest BCUT2D eigenvalue weighted by atomic mass is 10.2. The third kappa shape index (κ3) is 4.53. The van der Waals surface area contributed by atoms with Crippen LogP contribution in [0.1, 0.15) is 5.56 Å². The van der Waals surface area contributed by atoms with E-state index in [0.29, 0.717) is 4.90 Å². The Labute approximate surface area is 94.1 Å². The van der Waals surface area contributed by atoms with Gasteiger partial charge in [-0.05, 0) is 24.3 Å². The van der Waals surface area contributed by atoms with Crippen LogP contribution in [-0.2, 0) is 18.0 Å². The molecular weight excluding hydrogens is 264 g/mol. The van der Waals surface area contributed by atoms with Crippen LogP contribution < -0.4 is 11.0 Å². The van der Waals surface area contributed by atoms with E-state index >= 15 is 0 Å². The maximum absolute atomic E-state index is 12.2. The molecule has 0 unspecified atom stereocenters. The van der Waals surface area contributed by atoms with E-state index in [0.717, 1.165) is 23.5 Å². The highest BCUT2D eigenvalue weighted by Crippen LogP contribution is 2.48. The first-order chi connectivity index (χ1) is 6.68. The Kier molecular flexibility index (Phi) is 3.84. The first kappa shape index (κ1) is 13.0. The maximum atomic E-state index is 12.2. The van der Waals surface area contributed by atoms with Gasteiger partial charge in [-0.1, -0.05) is 23.2 Å². The van der Waals surface area contributed by atoms with Gasteiger partial charge in [-0.15, -0.1) is 0 Å². The van der Waals surface area contributed by atoms with Crippen LogP contribution in [0.25, 0.3) is 0 Å². The van der Waals surface area contributed by atoms with Gasteiger partial charge >= 0.3 is 6.18 Å². The highest BCUT2D eigenvalue weighted by atomic mass is 32.9. The molecule has 1 aromatic rings. The predicted octanol–water partition coefficient (Wildman–Crippen LogP) is 2.94. The van der Waals surface area contributed by atoms with E-state index < -0.39 is 17.3 Å². The van der Waals surface area contributed by atoms with E-state index in [9.17, 15) is 13.2 Å². The Bertz CT molecular complexity index is 384. The summed E-state index contributed by atoms with van der Waals surface area (Å²) >= 11 is 5.81. The molecule has 0 heterocycles. The van der Waals surface area contributed by atoms with E-state index in [4.69, 9.17) is 22.8 Å². The van der Waals surface area contributed by atoms with Gasteiger partial charge in [-0.2, -0.15) is 13.2 Å². The highest BCUT2D eigenvalue weighted by Gasteiger charge is 2.30. The van der Waals surface area contributed by atoms with Crippen molar-refractivity contribution in [3.8, 4) is 0 Å². The number of hydrogen-bond donors (Lipinski definition) is 2. The lowest BCUT2D eigenvalue weighted by molar-refractivity contribution is -0.137. The monoisotopic (exact) mass is 272 g/mol. The molecule has 8 heteroatoms. The molecule has 0 aliphatic heterocycles. The summed E-state index contributed by atoms with van der Waals surface area (Å²) in [5, 5.41) is 0. The van der Waals surface area contributed by atoms with Crippen LogP contribution in [0.2, 0.25) is 0 Å². The second-order valence-electron chi connectivity index (χ2n) is 2.76. The van der Waals surface area contributed by atoms with Crippen molar-refractivity contribution in [2.24, 2.45) is 11.0 Å². The summed E-state index contributed by atoms with van der Waals surface area (Å²) in [4.78, 5) is 0.552. The molecule has 0 bridgehead atoms. The standard InChI is InChI=1S/C7H8F3N2PS2/c8-7(9,10)5-1-3-6(4-2-5)15-13(11,12)14/h1-4H,(H4,11,12,14). The van der Waals surface area contributed by atoms with E-state index in [-0.39, 0.29) is 0 Å². The van der Waals surface area contributed by atoms with Crippen molar-refractivity contribution < 1.29 is 13.2 Å². The minimum Gasteiger partial charge on any atom is -0.283 e. The van der Waals surface area contributed by atoms with E-state index in [1.165, 1.54) is 12.1 Å². The largest absolute Gasteiger partial charge is 0.416 e. The number of alkyl halides is 3. The van der Waals surface area contributed by atoms with Crippen molar-refractivity contribution in [1.29, 1.82) is 0 Å². The molecule has 0 aliphatic carbocycles. The third-order valence-corrected chi connectivity index (χ3v) is 4.36. The van der Waals surface area contributed by atoms with Gasteiger partial charge in [0.2, 0.25) is 0 Å². The highest BCUT2D eigenvalue weighted by molar-refractivity contribution is 8.69. The Morgan fingerprint density at radius 1 is 1.13 bits per heavy atom. The van der Waals surface area contributed by atoms with Gasteiger partial charge in [-0.25, -0.2) is 0 Å². The molecule has 84 valence electrons. The lowest BCUT2D eigenvalue weighted by Gasteiger charge is -2.10. The molecule has 0 saturated carbocycles. The van der Waals surface area contributed by atoms with Gasteiger partial charge < -0.3 is 0 Å². The minimum atomic E-state index is -4.32. The molecule has 15 heavy (non-hydrogen) atoms. The zero-order valence-electron chi connectivity index (χ0n) is 7.36. The quantitative estimate of drug-likeness (QED) is 0.813. The predicted molar refractivity (Wildman–Crippen MR) is 60.0 cm³/mol. The number of benzene rings is 1. The first-order valence-electron chi connectivity index (χ1n) is 3.72. The van der Waals surface area contributed by atoms with Crippen molar-refractivity contribution in [1.82, 2.24) is 0 Å². The summed E-state index contributed by atoms with van der Waals surface area (Å²) in [6.07, 6.45) is -4.32. The van der Waals surface area contributed by atoms with Crippen LogP contribution >= 0.6 is 16.9 Å². The molecule has 1 rings (SSSR count). The van der Waals surface area contributed by atoms with Crippen molar-refractivity contribution in [2.45, 2.75) is 11.1 Å². The van der Waals surface area contributed by atoms with E-state index in [2.05, 4.69) is 0 Å². The summed E-state index contributed by atoms with van der Waals surface area (Å²) in [6, 6.07) is 4.59. The molecule has 0 saturated heterocycles. The minimum absolute atomic E-state index is 0.552. The normalized spacial score (nSPS) is 12.9. The van der Waals surface area contributed by atoms with E-state index in [1.54, 1.807) is 0 Å². The zero-order chi connectivity index (χ0) is 11.7. The molecule has 0 aromatic heterocycles. The number of halogens is 3. The second-order valence-corrected chi connectivity index (χ2v) is 9.57. The molecule has 0 atom stereocenters.